The number of nitrogens with zero attached hydrogens (tertiary/aromatic N) is 5. The molecule has 1 aliphatic heterocycles. The molecule has 0 saturated heterocycles. The summed E-state index contributed by atoms with van der Waals surface area (Å²) in [5, 5.41) is 18.3. The van der Waals surface area contributed by atoms with Gasteiger partial charge in [-0.3, -0.25) is 9.78 Å². The number of rotatable bonds is 9. The van der Waals surface area contributed by atoms with Crippen molar-refractivity contribution in [2.45, 2.75) is 114 Å². The second-order valence-corrected chi connectivity index (χ2v) is 17.2. The van der Waals surface area contributed by atoms with Crippen molar-refractivity contribution in [1.82, 2.24) is 24.3 Å². The predicted molar refractivity (Wildman–Crippen MR) is 198 cm³/mol. The first kappa shape index (κ1) is 36.3. The van der Waals surface area contributed by atoms with Crippen LogP contribution in [0.3, 0.4) is 0 Å². The zero-order valence-corrected chi connectivity index (χ0v) is 31.6. The van der Waals surface area contributed by atoms with Crippen molar-refractivity contribution in [3.63, 3.8) is 0 Å². The molecule has 0 spiro atoms. The van der Waals surface area contributed by atoms with Gasteiger partial charge in [0.15, 0.2) is 0 Å². The van der Waals surface area contributed by atoms with Gasteiger partial charge >= 0.3 is 5.97 Å². The first-order chi connectivity index (χ1) is 25.0. The Morgan fingerprint density at radius 2 is 1.73 bits per heavy atom. The van der Waals surface area contributed by atoms with Crippen molar-refractivity contribution in [1.29, 1.82) is 0 Å². The first-order valence-electron chi connectivity index (χ1n) is 18.9. The van der Waals surface area contributed by atoms with Crippen molar-refractivity contribution < 1.29 is 27.8 Å². The number of carboxylic acid groups (broad SMARTS) is 1. The van der Waals surface area contributed by atoms with E-state index >= 15 is 0 Å². The third kappa shape index (κ3) is 7.42. The molecule has 4 aromatic rings. The standard InChI is InChI=1S/C40H51N5O6S/c1-25-13-14-30(33(20-39(46)47)31-18-35-40(37(19-31)50-4)44(3)43-42-35)17-32(25)24-45-23-26(2)51-36-21-34(41-22-38(36)52(45,48)49)29-12-8-7-11-28(15-16-29)27-9-5-6-10-27/h13-14,17-19,21-22,26-29,33H,5-12,15-16,20,23-24H2,1-4H3,(H,46,47)/t26-,28?,29?,33+/m1/s1. The van der Waals surface area contributed by atoms with Crippen LogP contribution >= 0.6 is 0 Å². The van der Waals surface area contributed by atoms with E-state index in [2.05, 4.69) is 10.3 Å². The fourth-order valence-electron chi connectivity index (χ4n) is 8.98. The second kappa shape index (κ2) is 15.1. The van der Waals surface area contributed by atoms with Gasteiger partial charge in [0.05, 0.1) is 26.3 Å². The molecule has 0 bridgehead atoms. The summed E-state index contributed by atoms with van der Waals surface area (Å²) in [7, 11) is -0.626. The third-order valence-corrected chi connectivity index (χ3v) is 13.6. The van der Waals surface area contributed by atoms with E-state index in [9.17, 15) is 18.3 Å². The molecule has 2 aliphatic carbocycles. The SMILES string of the molecule is COc1cc([C@@H](CC(=O)O)c2ccc(C)c(CN3C[C@@H](C)Oc4cc(C5CCCCC(C6CCCC6)CC5)ncc4S3(=O)=O)c2)cc2nnn(C)c12. The summed E-state index contributed by atoms with van der Waals surface area (Å²) in [5.74, 6) is 1.40. The molecule has 278 valence electrons. The Morgan fingerprint density at radius 1 is 1.00 bits per heavy atom. The third-order valence-electron chi connectivity index (χ3n) is 11.8. The van der Waals surface area contributed by atoms with Crippen LogP contribution in [0.5, 0.6) is 11.5 Å². The Morgan fingerprint density at radius 3 is 2.46 bits per heavy atom. The lowest BCUT2D eigenvalue weighted by Gasteiger charge is -2.29. The molecular weight excluding hydrogens is 679 g/mol. The van der Waals surface area contributed by atoms with E-state index in [-0.39, 0.29) is 30.5 Å². The van der Waals surface area contributed by atoms with Crippen molar-refractivity contribution >= 4 is 27.0 Å². The van der Waals surface area contributed by atoms with Crippen LogP contribution in [0.25, 0.3) is 11.0 Å². The average molecular weight is 730 g/mol. The van der Waals surface area contributed by atoms with E-state index in [4.69, 9.17) is 14.5 Å². The summed E-state index contributed by atoms with van der Waals surface area (Å²) in [6, 6.07) is 11.3. The van der Waals surface area contributed by atoms with E-state index in [0.717, 1.165) is 52.6 Å². The van der Waals surface area contributed by atoms with Crippen molar-refractivity contribution in [2.24, 2.45) is 18.9 Å². The maximum absolute atomic E-state index is 14.3. The number of benzene rings is 2. The molecule has 0 amide bonds. The summed E-state index contributed by atoms with van der Waals surface area (Å²) < 4.78 is 43.8. The largest absolute Gasteiger partial charge is 0.494 e. The molecule has 3 aliphatic rings. The highest BCUT2D eigenvalue weighted by Crippen LogP contribution is 2.42. The first-order valence-corrected chi connectivity index (χ1v) is 20.3. The Labute approximate surface area is 306 Å². The lowest BCUT2D eigenvalue weighted by atomic mass is 9.77. The maximum atomic E-state index is 14.3. The van der Waals surface area contributed by atoms with Gasteiger partial charge in [0.25, 0.3) is 0 Å². The molecule has 2 fully saturated rings. The lowest BCUT2D eigenvalue weighted by molar-refractivity contribution is -0.137. The highest BCUT2D eigenvalue weighted by Gasteiger charge is 2.36. The maximum Gasteiger partial charge on any atom is 0.304 e. The molecule has 52 heavy (non-hydrogen) atoms. The number of pyridine rings is 1. The van der Waals surface area contributed by atoms with Crippen molar-refractivity contribution in [2.75, 3.05) is 13.7 Å². The van der Waals surface area contributed by atoms with Gasteiger partial charge in [0.2, 0.25) is 10.0 Å². The molecule has 2 unspecified atom stereocenters. The minimum absolute atomic E-state index is 0.0946. The van der Waals surface area contributed by atoms with Crippen molar-refractivity contribution in [3.05, 3.63) is 70.5 Å². The highest BCUT2D eigenvalue weighted by atomic mass is 32.2. The predicted octanol–water partition coefficient (Wildman–Crippen LogP) is 7.50. The molecule has 11 nitrogen and oxygen atoms in total. The smallest absolute Gasteiger partial charge is 0.304 e. The number of carbonyl (C=O) groups is 1. The second-order valence-electron chi connectivity index (χ2n) is 15.3. The Hall–Kier alpha value is -4.03. The van der Waals surface area contributed by atoms with Gasteiger partial charge in [-0.1, -0.05) is 68.4 Å². The molecule has 2 aromatic heterocycles. The number of fused-ring (bicyclic) bond motifs is 2. The lowest BCUT2D eigenvalue weighted by Crippen LogP contribution is -2.35. The van der Waals surface area contributed by atoms with E-state index < -0.39 is 21.9 Å². The molecule has 0 radical (unpaired) electrons. The number of carboxylic acids is 1. The van der Waals surface area contributed by atoms with Crippen LogP contribution in [0.2, 0.25) is 0 Å². The summed E-state index contributed by atoms with van der Waals surface area (Å²) in [6.07, 6.45) is 13.5. The zero-order valence-electron chi connectivity index (χ0n) is 30.8. The quantitative estimate of drug-likeness (QED) is 0.186. The van der Waals surface area contributed by atoms with Gasteiger partial charge in [-0.25, -0.2) is 13.1 Å². The van der Waals surface area contributed by atoms with Crippen LogP contribution in [-0.2, 0) is 28.4 Å². The topological polar surface area (TPSA) is 137 Å². The number of aliphatic carboxylic acids is 1. The van der Waals surface area contributed by atoms with Crippen LogP contribution in [0.15, 0.2) is 47.5 Å². The zero-order chi connectivity index (χ0) is 36.6. The summed E-state index contributed by atoms with van der Waals surface area (Å²) in [5.41, 5.74) is 5.42. The molecule has 3 heterocycles. The highest BCUT2D eigenvalue weighted by molar-refractivity contribution is 7.89. The van der Waals surface area contributed by atoms with Crippen LogP contribution in [0, 0.1) is 18.8 Å². The van der Waals surface area contributed by atoms with Crippen LogP contribution in [-0.4, -0.2) is 63.5 Å². The van der Waals surface area contributed by atoms with Crippen LogP contribution < -0.4 is 9.47 Å². The number of hydrogen-bond donors (Lipinski definition) is 1. The number of aromatic nitrogens is 4. The van der Waals surface area contributed by atoms with Gasteiger partial charge in [-0.15, -0.1) is 5.10 Å². The van der Waals surface area contributed by atoms with Gasteiger partial charge in [0, 0.05) is 37.2 Å². The number of hydrogen-bond acceptors (Lipinski definition) is 8. The Balaban J connectivity index is 1.16. The number of methoxy groups -OCH3 is 1. The van der Waals surface area contributed by atoms with Crippen LogP contribution in [0.4, 0.5) is 0 Å². The molecule has 4 atom stereocenters. The minimum atomic E-state index is -3.97. The molecule has 7 rings (SSSR count). The summed E-state index contributed by atoms with van der Waals surface area (Å²) in [4.78, 5) is 17.1. The molecule has 2 aromatic carbocycles. The summed E-state index contributed by atoms with van der Waals surface area (Å²) >= 11 is 0. The fourth-order valence-corrected chi connectivity index (χ4v) is 10.5. The molecule has 12 heteroatoms. The monoisotopic (exact) mass is 729 g/mol. The van der Waals surface area contributed by atoms with E-state index in [1.54, 1.807) is 18.8 Å². The minimum Gasteiger partial charge on any atom is -0.494 e. The Kier molecular flexibility index (Phi) is 10.6. The number of ether oxygens (including phenoxy) is 2. The van der Waals surface area contributed by atoms with E-state index in [1.165, 1.54) is 61.9 Å². The summed E-state index contributed by atoms with van der Waals surface area (Å²) in [6.45, 7) is 4.12. The average Bonchev–Trinajstić information content (AvgIpc) is 3.76. The van der Waals surface area contributed by atoms with Crippen LogP contribution in [0.1, 0.15) is 117 Å². The van der Waals surface area contributed by atoms with Gasteiger partial charge in [0.1, 0.15) is 33.5 Å². The van der Waals surface area contributed by atoms with Gasteiger partial charge in [-0.05, 0) is 79.3 Å². The molecule has 2 saturated carbocycles. The van der Waals surface area contributed by atoms with Crippen molar-refractivity contribution in [3.8, 4) is 11.5 Å². The number of aryl methyl sites for hydroxylation is 2. The number of sulfonamides is 1. The molecule has 1 N–H and O–H groups in total. The van der Waals surface area contributed by atoms with E-state index in [0.29, 0.717) is 28.5 Å². The fraction of sp³-hybridized carbons (Fsp3) is 0.550. The van der Waals surface area contributed by atoms with E-state index in [1.807, 2.05) is 50.2 Å². The van der Waals surface area contributed by atoms with Gasteiger partial charge < -0.3 is 14.6 Å². The normalized spacial score (nSPS) is 23.3. The Bertz CT molecular complexity index is 2040. The van der Waals surface area contributed by atoms with Gasteiger partial charge in [-0.2, -0.15) is 4.31 Å². The molecular formula is C40H51N5O6S.